The molecule has 1 aliphatic rings. The molecule has 6 aromatic rings. The zero-order valence-corrected chi connectivity index (χ0v) is 32.9. The zero-order chi connectivity index (χ0) is 38.7. The van der Waals surface area contributed by atoms with E-state index in [0.29, 0.717) is 0 Å². The molecule has 0 fully saturated rings. The van der Waals surface area contributed by atoms with Gasteiger partial charge in [0.1, 0.15) is 11.5 Å². The molecule has 7 rings (SSSR count). The topological polar surface area (TPSA) is 22.1 Å². The van der Waals surface area contributed by atoms with E-state index < -0.39 is 5.41 Å². The highest BCUT2D eigenvalue weighted by Crippen LogP contribution is 2.57. The average Bonchev–Trinajstić information content (AvgIpc) is 3.22. The van der Waals surface area contributed by atoms with Crippen molar-refractivity contribution < 1.29 is 4.74 Å². The number of allylic oxidation sites excluding steroid dienone is 8. The molecule has 55 heavy (non-hydrogen) atoms. The van der Waals surface area contributed by atoms with Gasteiger partial charge in [0.2, 0.25) is 0 Å². The van der Waals surface area contributed by atoms with Crippen LogP contribution < -0.4 is 4.74 Å². The number of para-hydroxylation sites is 1. The molecule has 0 spiro atoms. The maximum absolute atomic E-state index is 6.70. The lowest BCUT2D eigenvalue weighted by Gasteiger charge is -2.44. The number of aromatic nitrogens is 1. The van der Waals surface area contributed by atoms with Gasteiger partial charge in [-0.05, 0) is 121 Å². The predicted molar refractivity (Wildman–Crippen MR) is 233 cm³/mol. The third-order valence-electron chi connectivity index (χ3n) is 11.2. The summed E-state index contributed by atoms with van der Waals surface area (Å²) in [5, 5.41) is 0. The number of benzene rings is 5. The number of aryl methyl sites for hydroxylation is 1. The molecule has 0 bridgehead atoms. The molecular weight excluding hydrogens is 667 g/mol. The van der Waals surface area contributed by atoms with E-state index in [1.54, 1.807) is 0 Å². The average molecular weight is 716 g/mol. The van der Waals surface area contributed by atoms with Gasteiger partial charge in [-0.3, -0.25) is 0 Å². The van der Waals surface area contributed by atoms with Crippen molar-refractivity contribution in [3.8, 4) is 33.9 Å². The fraction of sp³-hybridized carbons (Fsp3) is 0.151. The van der Waals surface area contributed by atoms with Crippen molar-refractivity contribution in [1.29, 1.82) is 0 Å². The predicted octanol–water partition coefficient (Wildman–Crippen LogP) is 14.4. The van der Waals surface area contributed by atoms with Gasteiger partial charge in [0.25, 0.3) is 0 Å². The minimum atomic E-state index is -0.523. The summed E-state index contributed by atoms with van der Waals surface area (Å²) in [6.07, 6.45) is 7.45. The van der Waals surface area contributed by atoms with Crippen LogP contribution in [0.4, 0.5) is 0 Å². The Bertz CT molecular complexity index is 2460. The molecular formula is C53H49NO. The number of hydrogen-bond acceptors (Lipinski definition) is 2. The second kappa shape index (κ2) is 15.6. The summed E-state index contributed by atoms with van der Waals surface area (Å²) in [5.41, 5.74) is 16.9. The standard InChI is InChI=1S/C53H49NO/c1-9-44(10-2)53(46-27-20-21-35(4)39(46)8)47-26-18-19-28-51(47)55-52-30-29-42(32-48(52)53)37(6)31-36(5)38(7)45(11-3)50-34-43(40-22-14-12-15-23-40)33-49(54-50)41-24-16-13-17-25-41/h9,11-34H,5,7,10H2,1-4,6,8H3/b37-31+,44-9+,45-11+. The number of pyridine rings is 1. The summed E-state index contributed by atoms with van der Waals surface area (Å²) in [6, 6.07) is 47.0. The first kappa shape index (κ1) is 37.1. The second-order valence-corrected chi connectivity index (χ2v) is 14.4. The molecule has 1 atom stereocenters. The Kier molecular flexibility index (Phi) is 10.5. The second-order valence-electron chi connectivity index (χ2n) is 14.4. The fourth-order valence-electron chi connectivity index (χ4n) is 8.24. The molecule has 2 heteroatoms. The van der Waals surface area contributed by atoms with E-state index in [9.17, 15) is 0 Å². The van der Waals surface area contributed by atoms with Crippen molar-refractivity contribution in [3.05, 3.63) is 221 Å². The van der Waals surface area contributed by atoms with Crippen molar-refractivity contribution in [1.82, 2.24) is 4.98 Å². The highest BCUT2D eigenvalue weighted by atomic mass is 16.5. The van der Waals surface area contributed by atoms with Crippen LogP contribution in [0.3, 0.4) is 0 Å². The zero-order valence-electron chi connectivity index (χ0n) is 32.9. The van der Waals surface area contributed by atoms with Gasteiger partial charge in [0, 0.05) is 22.3 Å². The lowest BCUT2D eigenvalue weighted by Crippen LogP contribution is -2.36. The van der Waals surface area contributed by atoms with Gasteiger partial charge in [-0.25, -0.2) is 4.98 Å². The normalized spacial score (nSPS) is 15.5. The van der Waals surface area contributed by atoms with Crippen LogP contribution in [0.5, 0.6) is 11.5 Å². The van der Waals surface area contributed by atoms with Gasteiger partial charge in [-0.15, -0.1) is 0 Å². The van der Waals surface area contributed by atoms with E-state index in [-0.39, 0.29) is 0 Å². The molecule has 1 aromatic heterocycles. The number of fused-ring (bicyclic) bond motifs is 2. The summed E-state index contributed by atoms with van der Waals surface area (Å²) < 4.78 is 6.70. The maximum atomic E-state index is 6.70. The Morgan fingerprint density at radius 1 is 0.673 bits per heavy atom. The van der Waals surface area contributed by atoms with Crippen LogP contribution in [0.2, 0.25) is 0 Å². The van der Waals surface area contributed by atoms with Gasteiger partial charge in [-0.1, -0.05) is 147 Å². The Hall–Kier alpha value is -6.25. The van der Waals surface area contributed by atoms with Gasteiger partial charge in [0.15, 0.2) is 0 Å². The minimum Gasteiger partial charge on any atom is -0.457 e. The van der Waals surface area contributed by atoms with E-state index in [0.717, 1.165) is 79.4 Å². The molecule has 272 valence electrons. The molecule has 0 aliphatic carbocycles. The molecule has 0 saturated carbocycles. The van der Waals surface area contributed by atoms with Crippen LogP contribution in [0, 0.1) is 13.8 Å². The molecule has 0 N–H and O–H groups in total. The van der Waals surface area contributed by atoms with Crippen LogP contribution >= 0.6 is 0 Å². The van der Waals surface area contributed by atoms with Crippen molar-refractivity contribution in [2.45, 2.75) is 53.4 Å². The summed E-state index contributed by atoms with van der Waals surface area (Å²) >= 11 is 0. The largest absolute Gasteiger partial charge is 0.457 e. The summed E-state index contributed by atoms with van der Waals surface area (Å²) in [6.45, 7) is 22.3. The smallest absolute Gasteiger partial charge is 0.132 e. The van der Waals surface area contributed by atoms with Gasteiger partial charge in [-0.2, -0.15) is 0 Å². The summed E-state index contributed by atoms with van der Waals surface area (Å²) in [5.74, 6) is 1.77. The van der Waals surface area contributed by atoms with Crippen molar-refractivity contribution in [2.75, 3.05) is 0 Å². The summed E-state index contributed by atoms with van der Waals surface area (Å²) in [4.78, 5) is 5.19. The van der Waals surface area contributed by atoms with Gasteiger partial charge >= 0.3 is 0 Å². The third-order valence-corrected chi connectivity index (χ3v) is 11.2. The van der Waals surface area contributed by atoms with Crippen LogP contribution in [0.25, 0.3) is 33.5 Å². The van der Waals surface area contributed by atoms with Gasteiger partial charge in [0.05, 0.1) is 16.8 Å². The van der Waals surface area contributed by atoms with Crippen molar-refractivity contribution in [2.24, 2.45) is 0 Å². The number of rotatable bonds is 10. The fourth-order valence-corrected chi connectivity index (χ4v) is 8.24. The molecule has 1 aliphatic heterocycles. The number of nitrogens with zero attached hydrogens (tertiary/aromatic N) is 1. The van der Waals surface area contributed by atoms with Crippen molar-refractivity contribution in [3.63, 3.8) is 0 Å². The van der Waals surface area contributed by atoms with E-state index in [1.165, 1.54) is 27.8 Å². The molecule has 1 unspecified atom stereocenters. The van der Waals surface area contributed by atoms with Crippen LogP contribution in [-0.4, -0.2) is 4.98 Å². The Morgan fingerprint density at radius 2 is 1.33 bits per heavy atom. The van der Waals surface area contributed by atoms with E-state index in [2.05, 4.69) is 187 Å². The Morgan fingerprint density at radius 3 is 2.02 bits per heavy atom. The van der Waals surface area contributed by atoms with Crippen LogP contribution in [0.15, 0.2) is 182 Å². The number of ether oxygens (including phenoxy) is 1. The van der Waals surface area contributed by atoms with E-state index in [1.807, 2.05) is 19.1 Å². The Labute approximate surface area is 327 Å². The molecule has 5 aromatic carbocycles. The van der Waals surface area contributed by atoms with Crippen LogP contribution in [-0.2, 0) is 5.41 Å². The Balaban J connectivity index is 1.31. The first-order valence-electron chi connectivity index (χ1n) is 19.2. The lowest BCUT2D eigenvalue weighted by atomic mass is 9.61. The SMILES string of the molecule is C=C(/C=C(\C)c1ccc2c(c1)C(/C(=C/C)CC)(c1cccc(C)c1C)c1ccccc1O2)C(=C)/C(=C\C)c1cc(-c2ccccc2)cc(-c2ccccc2)n1. The first-order chi connectivity index (χ1) is 26.7. The van der Waals surface area contributed by atoms with Crippen molar-refractivity contribution >= 4 is 11.1 Å². The van der Waals surface area contributed by atoms with Crippen LogP contribution in [0.1, 0.15) is 73.2 Å². The monoisotopic (exact) mass is 715 g/mol. The summed E-state index contributed by atoms with van der Waals surface area (Å²) in [7, 11) is 0. The first-order valence-corrected chi connectivity index (χ1v) is 19.2. The quantitative estimate of drug-likeness (QED) is 0.104. The maximum Gasteiger partial charge on any atom is 0.132 e. The van der Waals surface area contributed by atoms with Gasteiger partial charge < -0.3 is 4.74 Å². The molecule has 0 saturated heterocycles. The van der Waals surface area contributed by atoms with E-state index >= 15 is 0 Å². The lowest BCUT2D eigenvalue weighted by molar-refractivity contribution is 0.430. The van der Waals surface area contributed by atoms with E-state index in [4.69, 9.17) is 9.72 Å². The molecule has 2 heterocycles. The third kappa shape index (κ3) is 6.74. The number of hydrogen-bond donors (Lipinski definition) is 0. The highest BCUT2D eigenvalue weighted by Gasteiger charge is 2.46. The molecule has 2 nitrogen and oxygen atoms in total. The minimum absolute atomic E-state index is 0.523. The molecule has 0 amide bonds. The highest BCUT2D eigenvalue weighted by molar-refractivity contribution is 5.87. The molecule has 0 radical (unpaired) electrons.